The van der Waals surface area contributed by atoms with Crippen LogP contribution in [0.25, 0.3) is 0 Å². The van der Waals surface area contributed by atoms with Crippen molar-refractivity contribution in [2.45, 2.75) is 57.5 Å². The Morgan fingerprint density at radius 2 is 1.96 bits per heavy atom. The van der Waals surface area contributed by atoms with E-state index in [2.05, 4.69) is 22.8 Å². The standard InChI is InChI=1S/C21H26N6O/c1-2-11-25-20-18(14-27(24-20)17-5-3-4-6-17)19-23-16(13-26(19)21(25)28)12-15-7-9-22-10-8-15/h7-10,14,16-17H,2-6,11-13H2,1H3/t16-/m1/s1. The minimum absolute atomic E-state index is 0.0157. The minimum atomic E-state index is 0.0157. The summed E-state index contributed by atoms with van der Waals surface area (Å²) in [7, 11) is 0. The molecule has 0 unspecified atom stereocenters. The van der Waals surface area contributed by atoms with Gasteiger partial charge in [0.25, 0.3) is 0 Å². The Labute approximate surface area is 165 Å². The molecule has 2 aliphatic heterocycles. The summed E-state index contributed by atoms with van der Waals surface area (Å²) in [4.78, 5) is 25.9. The smallest absolute Gasteiger partial charge is 0.276 e. The van der Waals surface area contributed by atoms with E-state index in [4.69, 9.17) is 10.1 Å². The van der Waals surface area contributed by atoms with Crippen LogP contribution >= 0.6 is 0 Å². The fourth-order valence-electron chi connectivity index (χ4n) is 4.62. The Hall–Kier alpha value is -2.70. The number of pyridine rings is 1. The molecule has 0 N–H and O–H groups in total. The minimum Gasteiger partial charge on any atom is -0.276 e. The summed E-state index contributed by atoms with van der Waals surface area (Å²) < 4.78 is 2.09. The van der Waals surface area contributed by atoms with Crippen LogP contribution in [0.15, 0.2) is 35.7 Å². The van der Waals surface area contributed by atoms with Gasteiger partial charge >= 0.3 is 6.03 Å². The fraction of sp³-hybridized carbons (Fsp3) is 0.524. The van der Waals surface area contributed by atoms with Gasteiger partial charge < -0.3 is 0 Å². The molecule has 0 bridgehead atoms. The second kappa shape index (κ2) is 7.04. The summed E-state index contributed by atoms with van der Waals surface area (Å²) in [5.74, 6) is 1.59. The summed E-state index contributed by atoms with van der Waals surface area (Å²) in [5, 5.41) is 4.86. The lowest BCUT2D eigenvalue weighted by atomic mass is 10.1. The van der Waals surface area contributed by atoms with Crippen LogP contribution in [0.4, 0.5) is 10.6 Å². The van der Waals surface area contributed by atoms with Gasteiger partial charge in [0.15, 0.2) is 5.82 Å². The molecule has 1 aliphatic carbocycles. The van der Waals surface area contributed by atoms with Crippen molar-refractivity contribution in [2.75, 3.05) is 18.0 Å². The first kappa shape index (κ1) is 17.4. The molecule has 0 aromatic carbocycles. The maximum Gasteiger partial charge on any atom is 0.331 e. The number of aromatic nitrogens is 3. The third kappa shape index (κ3) is 2.89. The van der Waals surface area contributed by atoms with Gasteiger partial charge in [-0.15, -0.1) is 0 Å². The van der Waals surface area contributed by atoms with Gasteiger partial charge in [-0.1, -0.05) is 19.8 Å². The molecule has 146 valence electrons. The third-order valence-corrected chi connectivity index (χ3v) is 5.99. The van der Waals surface area contributed by atoms with E-state index in [1.165, 1.54) is 31.2 Å². The highest BCUT2D eigenvalue weighted by Crippen LogP contribution is 2.35. The van der Waals surface area contributed by atoms with Crippen molar-refractivity contribution >= 4 is 17.7 Å². The quantitative estimate of drug-likeness (QED) is 0.801. The molecule has 7 heteroatoms. The molecule has 1 fully saturated rings. The fourth-order valence-corrected chi connectivity index (χ4v) is 4.62. The van der Waals surface area contributed by atoms with E-state index >= 15 is 0 Å². The maximum atomic E-state index is 13.2. The SMILES string of the molecule is CCCN1C(=O)N2C[C@@H](Cc3ccncc3)N=C2c2cn(C3CCCC3)nc21. The van der Waals surface area contributed by atoms with Gasteiger partial charge in [-0.2, -0.15) is 5.10 Å². The van der Waals surface area contributed by atoms with Gasteiger partial charge in [-0.3, -0.25) is 24.5 Å². The molecule has 2 aromatic heterocycles. The van der Waals surface area contributed by atoms with Crippen molar-refractivity contribution in [3.63, 3.8) is 0 Å². The van der Waals surface area contributed by atoms with E-state index in [9.17, 15) is 4.79 Å². The average molecular weight is 378 g/mol. The first-order chi connectivity index (χ1) is 13.7. The third-order valence-electron chi connectivity index (χ3n) is 5.99. The second-order valence-corrected chi connectivity index (χ2v) is 8.00. The van der Waals surface area contributed by atoms with Gasteiger partial charge in [0.05, 0.1) is 24.2 Å². The van der Waals surface area contributed by atoms with Crippen LogP contribution < -0.4 is 4.90 Å². The molecule has 7 nitrogen and oxygen atoms in total. The number of carbonyl (C=O) groups excluding carboxylic acids is 1. The lowest BCUT2D eigenvalue weighted by Crippen LogP contribution is -2.50. The second-order valence-electron chi connectivity index (χ2n) is 8.00. The number of nitrogens with zero attached hydrogens (tertiary/aromatic N) is 6. The number of hydrogen-bond acceptors (Lipinski definition) is 4. The van der Waals surface area contributed by atoms with Crippen molar-refractivity contribution in [1.29, 1.82) is 0 Å². The molecule has 4 heterocycles. The number of hydrogen-bond donors (Lipinski definition) is 0. The highest BCUT2D eigenvalue weighted by Gasteiger charge is 2.42. The van der Waals surface area contributed by atoms with Gasteiger partial charge in [-0.05, 0) is 43.4 Å². The molecule has 0 saturated heterocycles. The summed E-state index contributed by atoms with van der Waals surface area (Å²) >= 11 is 0. The van der Waals surface area contributed by atoms with Crippen LogP contribution in [-0.2, 0) is 6.42 Å². The molecule has 5 rings (SSSR count). The summed E-state index contributed by atoms with van der Waals surface area (Å²) in [6.45, 7) is 3.41. The van der Waals surface area contributed by atoms with Crippen LogP contribution in [0.1, 0.15) is 56.2 Å². The van der Waals surface area contributed by atoms with E-state index in [1.54, 1.807) is 0 Å². The number of amides is 2. The number of amidine groups is 1. The molecule has 0 radical (unpaired) electrons. The van der Waals surface area contributed by atoms with Gasteiger partial charge in [0.1, 0.15) is 5.84 Å². The van der Waals surface area contributed by atoms with Crippen molar-refractivity contribution in [3.8, 4) is 0 Å². The Morgan fingerprint density at radius 3 is 2.71 bits per heavy atom. The molecule has 0 spiro atoms. The zero-order valence-corrected chi connectivity index (χ0v) is 16.3. The Morgan fingerprint density at radius 1 is 1.18 bits per heavy atom. The molecule has 3 aliphatic rings. The maximum absolute atomic E-state index is 13.2. The highest BCUT2D eigenvalue weighted by atomic mass is 16.2. The van der Waals surface area contributed by atoms with Gasteiger partial charge in [0, 0.05) is 25.1 Å². The van der Waals surface area contributed by atoms with Crippen molar-refractivity contribution in [2.24, 2.45) is 4.99 Å². The average Bonchev–Trinajstić information content (AvgIpc) is 3.44. The largest absolute Gasteiger partial charge is 0.331 e. The van der Waals surface area contributed by atoms with E-state index < -0.39 is 0 Å². The van der Waals surface area contributed by atoms with Crippen molar-refractivity contribution in [3.05, 3.63) is 41.9 Å². The zero-order valence-electron chi connectivity index (χ0n) is 16.3. The van der Waals surface area contributed by atoms with Crippen LogP contribution in [0, 0.1) is 0 Å². The van der Waals surface area contributed by atoms with E-state index in [-0.39, 0.29) is 12.1 Å². The molecular weight excluding hydrogens is 352 g/mol. The first-order valence-corrected chi connectivity index (χ1v) is 10.4. The van der Waals surface area contributed by atoms with Crippen molar-refractivity contribution < 1.29 is 4.79 Å². The first-order valence-electron chi connectivity index (χ1n) is 10.4. The van der Waals surface area contributed by atoms with Crippen LogP contribution in [0.2, 0.25) is 0 Å². The zero-order chi connectivity index (χ0) is 19.1. The highest BCUT2D eigenvalue weighted by molar-refractivity contribution is 6.19. The number of rotatable bonds is 5. The normalized spacial score (nSPS) is 21.8. The van der Waals surface area contributed by atoms with E-state index in [0.717, 1.165) is 30.1 Å². The van der Waals surface area contributed by atoms with Gasteiger partial charge in [0.2, 0.25) is 0 Å². The molecule has 28 heavy (non-hydrogen) atoms. The predicted octanol–water partition coefficient (Wildman–Crippen LogP) is 3.42. The van der Waals surface area contributed by atoms with Gasteiger partial charge in [-0.25, -0.2) is 4.79 Å². The lowest BCUT2D eigenvalue weighted by molar-refractivity contribution is 0.227. The number of aliphatic imine (C=N–C) groups is 1. The van der Waals surface area contributed by atoms with E-state index in [0.29, 0.717) is 19.1 Å². The predicted molar refractivity (Wildman–Crippen MR) is 108 cm³/mol. The Bertz CT molecular complexity index is 899. The molecule has 2 aromatic rings. The summed E-state index contributed by atoms with van der Waals surface area (Å²) in [6, 6.07) is 4.58. The Balaban J connectivity index is 1.49. The van der Waals surface area contributed by atoms with E-state index in [1.807, 2.05) is 34.3 Å². The van der Waals surface area contributed by atoms with Crippen LogP contribution in [0.5, 0.6) is 0 Å². The van der Waals surface area contributed by atoms with Crippen LogP contribution in [-0.4, -0.2) is 50.7 Å². The van der Waals surface area contributed by atoms with Crippen LogP contribution in [0.3, 0.4) is 0 Å². The molecule has 1 atom stereocenters. The lowest BCUT2D eigenvalue weighted by Gasteiger charge is -2.32. The Kier molecular flexibility index (Phi) is 4.37. The topological polar surface area (TPSA) is 66.6 Å². The molecule has 2 amide bonds. The molecule has 1 saturated carbocycles. The van der Waals surface area contributed by atoms with Crippen molar-refractivity contribution in [1.82, 2.24) is 19.7 Å². The number of fused-ring (bicyclic) bond motifs is 3. The number of urea groups is 1. The molecular formula is C21H26N6O. The summed E-state index contributed by atoms with van der Waals surface area (Å²) in [5.41, 5.74) is 2.21. The number of carbonyl (C=O) groups is 1. The summed E-state index contributed by atoms with van der Waals surface area (Å²) in [6.07, 6.45) is 12.3. The monoisotopic (exact) mass is 378 g/mol. The number of anilines is 1.